The van der Waals surface area contributed by atoms with Gasteiger partial charge in [-0.15, -0.1) is 6.42 Å². The number of carbonyl (C=O) groups is 1. The molecular formula is C23H28N4O2. The molecule has 0 atom stereocenters. The van der Waals surface area contributed by atoms with Crippen LogP contribution in [0.5, 0.6) is 5.75 Å². The number of hydrogen-bond acceptors (Lipinski definition) is 3. The molecule has 152 valence electrons. The topological polar surface area (TPSA) is 74.8 Å². The summed E-state index contributed by atoms with van der Waals surface area (Å²) in [6, 6.07) is 13.3. The Morgan fingerprint density at radius 3 is 2.76 bits per heavy atom. The molecule has 0 aliphatic heterocycles. The molecule has 0 saturated carbocycles. The van der Waals surface area contributed by atoms with Crippen molar-refractivity contribution in [2.75, 3.05) is 32.1 Å². The van der Waals surface area contributed by atoms with Crippen molar-refractivity contribution < 1.29 is 9.53 Å². The number of nitrogens with zero attached hydrogens (tertiary/aromatic N) is 1. The molecule has 0 saturated heterocycles. The first kappa shape index (κ1) is 21.8. The lowest BCUT2D eigenvalue weighted by atomic mass is 10.1. The first-order chi connectivity index (χ1) is 14.0. The normalized spacial score (nSPS) is 10.8. The molecule has 0 aliphatic rings. The van der Waals surface area contributed by atoms with Crippen LogP contribution in [-0.4, -0.2) is 38.6 Å². The summed E-state index contributed by atoms with van der Waals surface area (Å²) in [5, 5.41) is 9.20. The predicted molar refractivity (Wildman–Crippen MR) is 118 cm³/mol. The molecule has 2 aromatic carbocycles. The maximum Gasteiger partial charge on any atom is 0.246 e. The highest BCUT2D eigenvalue weighted by atomic mass is 16.5. The van der Waals surface area contributed by atoms with Gasteiger partial charge >= 0.3 is 0 Å². The van der Waals surface area contributed by atoms with Gasteiger partial charge < -0.3 is 20.7 Å². The minimum absolute atomic E-state index is 0.00791. The van der Waals surface area contributed by atoms with Crippen molar-refractivity contribution in [2.45, 2.75) is 20.3 Å². The SMILES string of the molecule is C#Cc1cccc(NC(=O)CN=C(NCC)NCCc2ccc(C)c(OC)c2)c1. The summed E-state index contributed by atoms with van der Waals surface area (Å²) in [6.45, 7) is 5.39. The van der Waals surface area contributed by atoms with Crippen LogP contribution in [0.3, 0.4) is 0 Å². The molecule has 0 fully saturated rings. The predicted octanol–water partition coefficient (Wildman–Crippen LogP) is 2.72. The summed E-state index contributed by atoms with van der Waals surface area (Å²) in [7, 11) is 1.67. The highest BCUT2D eigenvalue weighted by Crippen LogP contribution is 2.19. The number of terminal acetylenes is 1. The van der Waals surface area contributed by atoms with E-state index >= 15 is 0 Å². The number of carbonyl (C=O) groups excluding carboxylic acids is 1. The minimum Gasteiger partial charge on any atom is -0.496 e. The number of ether oxygens (including phenoxy) is 1. The van der Waals surface area contributed by atoms with Crippen LogP contribution in [0.25, 0.3) is 0 Å². The van der Waals surface area contributed by atoms with Gasteiger partial charge in [0.2, 0.25) is 5.91 Å². The molecule has 0 radical (unpaired) electrons. The smallest absolute Gasteiger partial charge is 0.246 e. The van der Waals surface area contributed by atoms with Crippen LogP contribution in [0.4, 0.5) is 5.69 Å². The molecule has 2 aromatic rings. The van der Waals surface area contributed by atoms with Gasteiger partial charge in [0.15, 0.2) is 5.96 Å². The summed E-state index contributed by atoms with van der Waals surface area (Å²) in [5.41, 5.74) is 3.65. The summed E-state index contributed by atoms with van der Waals surface area (Å²) < 4.78 is 5.37. The number of aryl methyl sites for hydroxylation is 1. The second kappa shape index (κ2) is 11.4. The van der Waals surface area contributed by atoms with E-state index in [-0.39, 0.29) is 12.5 Å². The van der Waals surface area contributed by atoms with Crippen LogP contribution in [0, 0.1) is 19.3 Å². The van der Waals surface area contributed by atoms with Crippen LogP contribution in [0.2, 0.25) is 0 Å². The number of anilines is 1. The van der Waals surface area contributed by atoms with Crippen LogP contribution in [-0.2, 0) is 11.2 Å². The third kappa shape index (κ3) is 7.23. The number of rotatable bonds is 8. The number of guanidine groups is 1. The van der Waals surface area contributed by atoms with Crippen LogP contribution in [0.15, 0.2) is 47.5 Å². The van der Waals surface area contributed by atoms with Crippen LogP contribution < -0.4 is 20.7 Å². The molecule has 1 amide bonds. The zero-order chi connectivity index (χ0) is 21.1. The van der Waals surface area contributed by atoms with Gasteiger partial charge in [-0.1, -0.05) is 24.1 Å². The number of aliphatic imine (C=N–C) groups is 1. The average molecular weight is 393 g/mol. The first-order valence-corrected chi connectivity index (χ1v) is 9.58. The third-order valence-electron chi connectivity index (χ3n) is 4.22. The maximum absolute atomic E-state index is 12.2. The lowest BCUT2D eigenvalue weighted by Crippen LogP contribution is -2.39. The molecule has 6 nitrogen and oxygen atoms in total. The van der Waals surface area contributed by atoms with Gasteiger partial charge in [-0.3, -0.25) is 4.79 Å². The van der Waals surface area contributed by atoms with Crippen LogP contribution >= 0.6 is 0 Å². The van der Waals surface area contributed by atoms with Crippen molar-refractivity contribution in [3.05, 3.63) is 59.2 Å². The van der Waals surface area contributed by atoms with Gasteiger partial charge in [0.25, 0.3) is 0 Å². The first-order valence-electron chi connectivity index (χ1n) is 9.58. The molecule has 0 aliphatic carbocycles. The molecule has 0 bridgehead atoms. The molecule has 0 heterocycles. The van der Waals surface area contributed by atoms with Crippen molar-refractivity contribution in [3.8, 4) is 18.1 Å². The third-order valence-corrected chi connectivity index (χ3v) is 4.22. The van der Waals surface area contributed by atoms with E-state index in [0.29, 0.717) is 30.3 Å². The van der Waals surface area contributed by atoms with Gasteiger partial charge in [0.05, 0.1) is 7.11 Å². The lowest BCUT2D eigenvalue weighted by Gasteiger charge is -2.12. The van der Waals surface area contributed by atoms with Crippen molar-refractivity contribution in [3.63, 3.8) is 0 Å². The minimum atomic E-state index is -0.209. The molecule has 0 spiro atoms. The van der Waals surface area contributed by atoms with Crippen molar-refractivity contribution in [2.24, 2.45) is 4.99 Å². The number of benzene rings is 2. The van der Waals surface area contributed by atoms with Crippen molar-refractivity contribution in [1.82, 2.24) is 10.6 Å². The summed E-state index contributed by atoms with van der Waals surface area (Å²) in [4.78, 5) is 16.5. The fourth-order valence-electron chi connectivity index (χ4n) is 2.73. The molecule has 0 unspecified atom stereocenters. The highest BCUT2D eigenvalue weighted by Gasteiger charge is 2.05. The molecule has 29 heavy (non-hydrogen) atoms. The van der Waals surface area contributed by atoms with E-state index in [9.17, 15) is 4.79 Å². The number of amides is 1. The van der Waals surface area contributed by atoms with E-state index in [4.69, 9.17) is 11.2 Å². The highest BCUT2D eigenvalue weighted by molar-refractivity contribution is 5.94. The Balaban J connectivity index is 1.88. The maximum atomic E-state index is 12.2. The number of nitrogens with one attached hydrogen (secondary N) is 3. The summed E-state index contributed by atoms with van der Waals surface area (Å²) >= 11 is 0. The fraction of sp³-hybridized carbons (Fsp3) is 0.304. The Morgan fingerprint density at radius 2 is 2.03 bits per heavy atom. The second-order valence-electron chi connectivity index (χ2n) is 6.45. The van der Waals surface area contributed by atoms with E-state index in [1.165, 1.54) is 5.56 Å². The van der Waals surface area contributed by atoms with Crippen molar-refractivity contribution in [1.29, 1.82) is 0 Å². The Labute approximate surface area is 172 Å². The quantitative estimate of drug-likeness (QED) is 0.367. The Morgan fingerprint density at radius 1 is 1.21 bits per heavy atom. The Hall–Kier alpha value is -3.46. The molecule has 3 N–H and O–H groups in total. The largest absolute Gasteiger partial charge is 0.496 e. The monoisotopic (exact) mass is 392 g/mol. The second-order valence-corrected chi connectivity index (χ2v) is 6.45. The molecule has 0 aromatic heterocycles. The summed E-state index contributed by atoms with van der Waals surface area (Å²) in [6.07, 6.45) is 6.20. The van der Waals surface area contributed by atoms with Gasteiger partial charge in [0.1, 0.15) is 12.3 Å². The van der Waals surface area contributed by atoms with E-state index in [2.05, 4.69) is 32.9 Å². The van der Waals surface area contributed by atoms with E-state index in [1.54, 1.807) is 25.3 Å². The average Bonchev–Trinajstić information content (AvgIpc) is 2.73. The van der Waals surface area contributed by atoms with E-state index in [1.807, 2.05) is 32.0 Å². The Bertz CT molecular complexity index is 900. The number of methoxy groups -OCH3 is 1. The molecule has 6 heteroatoms. The lowest BCUT2D eigenvalue weighted by molar-refractivity contribution is -0.114. The zero-order valence-electron chi connectivity index (χ0n) is 17.2. The van der Waals surface area contributed by atoms with Gasteiger partial charge in [-0.25, -0.2) is 4.99 Å². The van der Waals surface area contributed by atoms with Gasteiger partial charge in [0, 0.05) is 24.3 Å². The summed E-state index contributed by atoms with van der Waals surface area (Å²) in [5.74, 6) is 3.82. The van der Waals surface area contributed by atoms with Gasteiger partial charge in [-0.05, 0) is 55.7 Å². The Kier molecular flexibility index (Phi) is 8.58. The number of hydrogen-bond donors (Lipinski definition) is 3. The van der Waals surface area contributed by atoms with E-state index in [0.717, 1.165) is 17.7 Å². The van der Waals surface area contributed by atoms with Crippen molar-refractivity contribution >= 4 is 17.6 Å². The van der Waals surface area contributed by atoms with Crippen LogP contribution in [0.1, 0.15) is 23.6 Å². The van der Waals surface area contributed by atoms with E-state index < -0.39 is 0 Å². The zero-order valence-corrected chi connectivity index (χ0v) is 17.2. The standard InChI is InChI=1S/C23H28N4O2/c1-5-18-8-7-9-20(14-18)27-22(28)16-26-23(24-6-2)25-13-12-19-11-10-17(3)21(15-19)29-4/h1,7-11,14-15H,6,12-13,16H2,2-4H3,(H,27,28)(H2,24,25,26). The molecule has 2 rings (SSSR count). The molecular weight excluding hydrogens is 364 g/mol. The fourth-order valence-corrected chi connectivity index (χ4v) is 2.73. The van der Waals surface area contributed by atoms with Gasteiger partial charge in [-0.2, -0.15) is 0 Å².